The minimum absolute atomic E-state index is 0.0693. The number of rotatable bonds is 0. The highest BCUT2D eigenvalue weighted by molar-refractivity contribution is 6.38. The van der Waals surface area contributed by atoms with Gasteiger partial charge in [-0.2, -0.15) is 0 Å². The van der Waals surface area contributed by atoms with Crippen molar-refractivity contribution in [3.8, 4) is 0 Å². The van der Waals surface area contributed by atoms with Gasteiger partial charge in [-0.3, -0.25) is 4.79 Å². The lowest BCUT2D eigenvalue weighted by Gasteiger charge is -2.22. The minimum Gasteiger partial charge on any atom is -0.308 e. The van der Waals surface area contributed by atoms with E-state index in [9.17, 15) is 4.79 Å². The summed E-state index contributed by atoms with van der Waals surface area (Å²) < 4.78 is 1.87. The van der Waals surface area contributed by atoms with E-state index in [2.05, 4.69) is 12.1 Å². The normalized spacial score (nSPS) is 14.2. The lowest BCUT2D eigenvalue weighted by molar-refractivity contribution is 0.616. The van der Waals surface area contributed by atoms with Gasteiger partial charge in [0.15, 0.2) is 0 Å². The van der Waals surface area contributed by atoms with Crippen LogP contribution in [-0.4, -0.2) is 4.57 Å². The van der Waals surface area contributed by atoms with Crippen LogP contribution in [0.15, 0.2) is 41.2 Å². The van der Waals surface area contributed by atoms with Crippen molar-refractivity contribution in [3.05, 3.63) is 57.3 Å². The van der Waals surface area contributed by atoms with E-state index < -0.39 is 0 Å². The molecular weight excluding hydrogens is 258 g/mol. The third-order valence-corrected chi connectivity index (χ3v) is 4.43. The van der Waals surface area contributed by atoms with Crippen LogP contribution in [0, 0.1) is 0 Å². The fourth-order valence-electron chi connectivity index (χ4n) is 3.16. The van der Waals surface area contributed by atoms with Gasteiger partial charge in [-0.25, -0.2) is 0 Å². The number of pyridine rings is 1. The summed E-state index contributed by atoms with van der Waals surface area (Å²) in [5.74, 6) is 0. The van der Waals surface area contributed by atoms with Crippen LogP contribution in [0.2, 0.25) is 5.02 Å². The number of halogens is 1. The van der Waals surface area contributed by atoms with Crippen LogP contribution in [-0.2, 0) is 13.0 Å². The van der Waals surface area contributed by atoms with Crippen LogP contribution >= 0.6 is 11.6 Å². The first-order chi connectivity index (χ1) is 9.27. The number of nitrogens with zero attached hydrogens (tertiary/aromatic N) is 1. The first-order valence-corrected chi connectivity index (χ1v) is 6.88. The Morgan fingerprint density at radius 2 is 1.79 bits per heavy atom. The van der Waals surface area contributed by atoms with Crippen LogP contribution < -0.4 is 5.56 Å². The van der Waals surface area contributed by atoms with E-state index >= 15 is 0 Å². The van der Waals surface area contributed by atoms with Crippen LogP contribution in [0.5, 0.6) is 0 Å². The summed E-state index contributed by atoms with van der Waals surface area (Å²) in [6.07, 6.45) is 1.92. The quantitative estimate of drug-likeness (QED) is 0.570. The molecule has 0 aliphatic carbocycles. The molecule has 0 atom stereocenters. The number of hydrogen-bond donors (Lipinski definition) is 0. The molecule has 0 saturated carbocycles. The molecule has 0 bridgehead atoms. The Kier molecular flexibility index (Phi) is 2.24. The highest BCUT2D eigenvalue weighted by atomic mass is 35.5. The second-order valence-corrected chi connectivity index (χ2v) is 5.41. The molecule has 1 aliphatic rings. The van der Waals surface area contributed by atoms with Gasteiger partial charge in [0.05, 0.1) is 10.5 Å². The summed E-state index contributed by atoms with van der Waals surface area (Å²) >= 11 is 6.56. The van der Waals surface area contributed by atoms with Crippen molar-refractivity contribution in [2.24, 2.45) is 0 Å². The minimum atomic E-state index is 0.0693. The van der Waals surface area contributed by atoms with Crippen LogP contribution in [0.3, 0.4) is 0 Å². The average Bonchev–Trinajstić information content (AvgIpc) is 2.46. The highest BCUT2D eigenvalue weighted by Gasteiger charge is 2.19. The van der Waals surface area contributed by atoms with Crippen molar-refractivity contribution in [3.63, 3.8) is 0 Å². The van der Waals surface area contributed by atoms with E-state index in [1.807, 2.05) is 22.8 Å². The summed E-state index contributed by atoms with van der Waals surface area (Å²) in [5, 5.41) is 4.15. The Labute approximate surface area is 115 Å². The molecule has 0 N–H and O–H groups in total. The molecule has 19 heavy (non-hydrogen) atoms. The summed E-state index contributed by atoms with van der Waals surface area (Å²) in [6.45, 7) is 0.790. The van der Waals surface area contributed by atoms with E-state index in [0.717, 1.165) is 51.6 Å². The summed E-state index contributed by atoms with van der Waals surface area (Å²) in [4.78, 5) is 12.0. The van der Waals surface area contributed by atoms with Gasteiger partial charge in [0.2, 0.25) is 0 Å². The Morgan fingerprint density at radius 1 is 1.00 bits per heavy atom. The Morgan fingerprint density at radius 3 is 2.63 bits per heavy atom. The first-order valence-electron chi connectivity index (χ1n) is 6.50. The van der Waals surface area contributed by atoms with Crippen molar-refractivity contribution >= 4 is 33.3 Å². The second-order valence-electron chi connectivity index (χ2n) is 5.03. The first kappa shape index (κ1) is 11.1. The summed E-state index contributed by atoms with van der Waals surface area (Å²) in [6, 6.07) is 11.7. The maximum Gasteiger partial charge on any atom is 0.251 e. The van der Waals surface area contributed by atoms with Crippen LogP contribution in [0.1, 0.15) is 12.0 Å². The molecule has 2 aromatic carbocycles. The molecule has 94 valence electrons. The van der Waals surface area contributed by atoms with Crippen molar-refractivity contribution in [2.75, 3.05) is 0 Å². The smallest absolute Gasteiger partial charge is 0.251 e. The molecule has 2 nitrogen and oxygen atoms in total. The molecule has 4 rings (SSSR count). The van der Waals surface area contributed by atoms with E-state index in [-0.39, 0.29) is 5.56 Å². The molecular formula is C16H12ClNO. The lowest BCUT2D eigenvalue weighted by atomic mass is 9.95. The van der Waals surface area contributed by atoms with Crippen molar-refractivity contribution in [1.82, 2.24) is 4.57 Å². The second kappa shape index (κ2) is 3.84. The number of fused-ring (bicyclic) bond motifs is 2. The monoisotopic (exact) mass is 269 g/mol. The zero-order valence-electron chi connectivity index (χ0n) is 10.3. The number of hydrogen-bond acceptors (Lipinski definition) is 1. The van der Waals surface area contributed by atoms with E-state index in [0.29, 0.717) is 0 Å². The third-order valence-electron chi connectivity index (χ3n) is 4.00. The molecule has 3 heteroatoms. The van der Waals surface area contributed by atoms with Gasteiger partial charge in [-0.15, -0.1) is 0 Å². The molecule has 0 unspecified atom stereocenters. The predicted molar refractivity (Wildman–Crippen MR) is 79.0 cm³/mol. The van der Waals surface area contributed by atoms with E-state index in [1.165, 1.54) is 0 Å². The fourth-order valence-corrected chi connectivity index (χ4v) is 3.51. The molecule has 2 heterocycles. The maximum atomic E-state index is 12.0. The lowest BCUT2D eigenvalue weighted by Crippen LogP contribution is -2.23. The Hall–Kier alpha value is -1.80. The SMILES string of the molecule is O=c1ccc2c3ccccc3c(Cl)c3c2n1CCC3. The zero-order valence-corrected chi connectivity index (χ0v) is 11.1. The van der Waals surface area contributed by atoms with E-state index in [1.54, 1.807) is 6.07 Å². The molecule has 1 aromatic heterocycles. The van der Waals surface area contributed by atoms with Gasteiger partial charge >= 0.3 is 0 Å². The molecule has 0 saturated heterocycles. The van der Waals surface area contributed by atoms with Gasteiger partial charge < -0.3 is 4.57 Å². The molecule has 0 fully saturated rings. The number of aryl methyl sites for hydroxylation is 2. The topological polar surface area (TPSA) is 22.0 Å². The molecule has 1 aliphatic heterocycles. The zero-order chi connectivity index (χ0) is 13.0. The van der Waals surface area contributed by atoms with Crippen molar-refractivity contribution in [2.45, 2.75) is 19.4 Å². The molecule has 0 amide bonds. The van der Waals surface area contributed by atoms with Crippen LogP contribution in [0.25, 0.3) is 21.7 Å². The molecule has 3 aromatic rings. The van der Waals surface area contributed by atoms with Gasteiger partial charge in [0, 0.05) is 23.4 Å². The highest BCUT2D eigenvalue weighted by Crippen LogP contribution is 2.37. The van der Waals surface area contributed by atoms with Gasteiger partial charge in [-0.1, -0.05) is 35.9 Å². The van der Waals surface area contributed by atoms with Gasteiger partial charge in [0.25, 0.3) is 5.56 Å². The van der Waals surface area contributed by atoms with Crippen molar-refractivity contribution in [1.29, 1.82) is 0 Å². The summed E-state index contributed by atoms with van der Waals surface area (Å²) in [5.41, 5.74) is 2.22. The van der Waals surface area contributed by atoms with Crippen molar-refractivity contribution < 1.29 is 0 Å². The number of aromatic nitrogens is 1. The third kappa shape index (κ3) is 1.41. The standard InChI is InChI=1S/C16H12ClNO/c17-15-11-5-2-1-4-10(11)12-7-8-14(19)18-9-3-6-13(15)16(12)18/h1-2,4-5,7-8H,3,6,9H2. The van der Waals surface area contributed by atoms with Gasteiger partial charge in [0.1, 0.15) is 0 Å². The van der Waals surface area contributed by atoms with Gasteiger partial charge in [-0.05, 0) is 29.9 Å². The predicted octanol–water partition coefficient (Wildman–Crippen LogP) is 3.75. The Balaban J connectivity index is 2.38. The number of benzene rings is 2. The van der Waals surface area contributed by atoms with E-state index in [4.69, 9.17) is 11.6 Å². The Bertz CT molecular complexity index is 879. The molecule has 0 radical (unpaired) electrons. The maximum absolute atomic E-state index is 12.0. The largest absolute Gasteiger partial charge is 0.308 e. The summed E-state index contributed by atoms with van der Waals surface area (Å²) in [7, 11) is 0. The fraction of sp³-hybridized carbons (Fsp3) is 0.188. The average molecular weight is 270 g/mol. The van der Waals surface area contributed by atoms with Crippen LogP contribution in [0.4, 0.5) is 0 Å². The molecule has 0 spiro atoms.